The minimum absolute atomic E-state index is 0.489. The molecule has 2 rings (SSSR count). The van der Waals surface area contributed by atoms with E-state index in [0.717, 1.165) is 6.54 Å². The van der Waals surface area contributed by atoms with Crippen LogP contribution in [0, 0.1) is 0 Å². The zero-order valence-corrected chi connectivity index (χ0v) is 9.81. The third-order valence-electron chi connectivity index (χ3n) is 2.20. The van der Waals surface area contributed by atoms with Crippen LogP contribution in [-0.2, 0) is 6.54 Å². The Morgan fingerprint density at radius 2 is 2.40 bits per heavy atom. The quantitative estimate of drug-likeness (QED) is 0.932. The van der Waals surface area contributed by atoms with Crippen LogP contribution in [0.1, 0.15) is 24.6 Å². The van der Waals surface area contributed by atoms with E-state index in [9.17, 15) is 5.11 Å². The van der Waals surface area contributed by atoms with Gasteiger partial charge in [-0.15, -0.1) is 0 Å². The van der Waals surface area contributed by atoms with Crippen molar-refractivity contribution in [3.05, 3.63) is 40.8 Å². The van der Waals surface area contributed by atoms with Gasteiger partial charge in [0, 0.05) is 18.9 Å². The molecule has 0 radical (unpaired) electrons. The van der Waals surface area contributed by atoms with Gasteiger partial charge in [0.25, 0.3) is 0 Å². The Balaban J connectivity index is 2.31. The zero-order valence-electron chi connectivity index (χ0n) is 8.22. The minimum Gasteiger partial charge on any atom is -0.451 e. The number of furan rings is 1. The van der Waals surface area contributed by atoms with Crippen molar-refractivity contribution >= 4 is 15.9 Å². The molecular weight excluding hydrogens is 260 g/mol. The standard InChI is InChI=1S/C10H11BrN2O2/c1-2-13-6-5-12-10(13)9(14)7-3-4-8(11)15-7/h3-6,9,14H,2H2,1H3. The molecule has 0 saturated heterocycles. The maximum Gasteiger partial charge on any atom is 0.169 e. The van der Waals surface area contributed by atoms with E-state index in [-0.39, 0.29) is 0 Å². The van der Waals surface area contributed by atoms with Crippen molar-refractivity contribution < 1.29 is 9.52 Å². The van der Waals surface area contributed by atoms with Crippen molar-refractivity contribution in [3.63, 3.8) is 0 Å². The summed E-state index contributed by atoms with van der Waals surface area (Å²) in [5.41, 5.74) is 0. The van der Waals surface area contributed by atoms with Crippen LogP contribution < -0.4 is 0 Å². The molecule has 0 amide bonds. The topological polar surface area (TPSA) is 51.2 Å². The maximum absolute atomic E-state index is 10.0. The number of hydrogen-bond donors (Lipinski definition) is 1. The second-order valence-corrected chi connectivity index (χ2v) is 3.90. The molecule has 0 saturated carbocycles. The molecule has 80 valence electrons. The first-order chi connectivity index (χ1) is 7.22. The highest BCUT2D eigenvalue weighted by Crippen LogP contribution is 2.24. The highest BCUT2D eigenvalue weighted by molar-refractivity contribution is 9.10. The molecule has 1 atom stereocenters. The Morgan fingerprint density at radius 1 is 1.60 bits per heavy atom. The van der Waals surface area contributed by atoms with Gasteiger partial charge in [-0.2, -0.15) is 0 Å². The van der Waals surface area contributed by atoms with E-state index in [1.54, 1.807) is 18.3 Å². The Hall–Kier alpha value is -1.07. The predicted molar refractivity (Wildman–Crippen MR) is 58.4 cm³/mol. The molecule has 0 aliphatic heterocycles. The summed E-state index contributed by atoms with van der Waals surface area (Å²) in [6.45, 7) is 2.77. The normalized spacial score (nSPS) is 13.0. The molecule has 0 spiro atoms. The SMILES string of the molecule is CCn1ccnc1C(O)c1ccc(Br)o1. The van der Waals surface area contributed by atoms with Crippen LogP contribution in [0.15, 0.2) is 33.6 Å². The molecular formula is C10H11BrN2O2. The van der Waals surface area contributed by atoms with E-state index in [1.165, 1.54) is 0 Å². The molecule has 2 heterocycles. The van der Waals surface area contributed by atoms with E-state index in [2.05, 4.69) is 20.9 Å². The highest BCUT2D eigenvalue weighted by Gasteiger charge is 2.18. The molecule has 0 bridgehead atoms. The van der Waals surface area contributed by atoms with Crippen molar-refractivity contribution in [1.29, 1.82) is 0 Å². The van der Waals surface area contributed by atoms with E-state index in [1.807, 2.05) is 17.7 Å². The highest BCUT2D eigenvalue weighted by atomic mass is 79.9. The summed E-state index contributed by atoms with van der Waals surface area (Å²) in [6, 6.07) is 3.47. The molecule has 0 aliphatic carbocycles. The summed E-state index contributed by atoms with van der Waals surface area (Å²) in [6.07, 6.45) is 2.68. The van der Waals surface area contributed by atoms with E-state index in [4.69, 9.17) is 4.42 Å². The van der Waals surface area contributed by atoms with Gasteiger partial charge >= 0.3 is 0 Å². The van der Waals surface area contributed by atoms with Gasteiger partial charge in [0.05, 0.1) is 0 Å². The molecule has 0 aliphatic rings. The fourth-order valence-corrected chi connectivity index (χ4v) is 1.76. The molecule has 1 N–H and O–H groups in total. The lowest BCUT2D eigenvalue weighted by Gasteiger charge is -2.09. The van der Waals surface area contributed by atoms with Crippen molar-refractivity contribution in [2.45, 2.75) is 19.6 Å². The van der Waals surface area contributed by atoms with Gasteiger partial charge in [-0.25, -0.2) is 4.98 Å². The number of nitrogens with zero attached hydrogens (tertiary/aromatic N) is 2. The number of rotatable bonds is 3. The molecule has 2 aromatic rings. The first kappa shape index (κ1) is 10.4. The number of aryl methyl sites for hydroxylation is 1. The summed E-state index contributed by atoms with van der Waals surface area (Å²) in [7, 11) is 0. The van der Waals surface area contributed by atoms with Gasteiger partial charge in [0.15, 0.2) is 10.8 Å². The largest absolute Gasteiger partial charge is 0.451 e. The van der Waals surface area contributed by atoms with Gasteiger partial charge in [-0.3, -0.25) is 0 Å². The molecule has 0 aromatic carbocycles. The van der Waals surface area contributed by atoms with Crippen LogP contribution >= 0.6 is 15.9 Å². The zero-order chi connectivity index (χ0) is 10.8. The Kier molecular flexibility index (Phi) is 2.93. The average molecular weight is 271 g/mol. The van der Waals surface area contributed by atoms with E-state index in [0.29, 0.717) is 16.3 Å². The summed E-state index contributed by atoms with van der Waals surface area (Å²) < 4.78 is 7.76. The molecule has 4 nitrogen and oxygen atoms in total. The number of imidazole rings is 1. The number of halogens is 1. The lowest BCUT2D eigenvalue weighted by molar-refractivity contribution is 0.174. The van der Waals surface area contributed by atoms with Crippen LogP contribution in [0.2, 0.25) is 0 Å². The third kappa shape index (κ3) is 1.98. The molecule has 2 aromatic heterocycles. The van der Waals surface area contributed by atoms with Crippen molar-refractivity contribution in [3.8, 4) is 0 Å². The van der Waals surface area contributed by atoms with Crippen molar-refractivity contribution in [1.82, 2.24) is 9.55 Å². The van der Waals surface area contributed by atoms with Crippen LogP contribution in [0.5, 0.6) is 0 Å². The lowest BCUT2D eigenvalue weighted by Crippen LogP contribution is -2.07. The number of aliphatic hydroxyl groups excluding tert-OH is 1. The Labute approximate surface area is 95.7 Å². The van der Waals surface area contributed by atoms with Gasteiger partial charge in [0.2, 0.25) is 0 Å². The number of aliphatic hydroxyl groups is 1. The molecule has 5 heteroatoms. The smallest absolute Gasteiger partial charge is 0.169 e. The number of aromatic nitrogens is 2. The fraction of sp³-hybridized carbons (Fsp3) is 0.300. The summed E-state index contributed by atoms with van der Waals surface area (Å²) in [4.78, 5) is 4.11. The van der Waals surface area contributed by atoms with Crippen LogP contribution in [0.4, 0.5) is 0 Å². The van der Waals surface area contributed by atoms with Gasteiger partial charge < -0.3 is 14.1 Å². The van der Waals surface area contributed by atoms with Crippen molar-refractivity contribution in [2.24, 2.45) is 0 Å². The Morgan fingerprint density at radius 3 is 3.00 bits per heavy atom. The monoisotopic (exact) mass is 270 g/mol. The first-order valence-corrected chi connectivity index (χ1v) is 5.46. The lowest BCUT2D eigenvalue weighted by atomic mass is 10.2. The Bertz CT molecular complexity index is 450. The fourth-order valence-electron chi connectivity index (χ4n) is 1.44. The van der Waals surface area contributed by atoms with Gasteiger partial charge in [-0.05, 0) is 35.0 Å². The molecule has 15 heavy (non-hydrogen) atoms. The second-order valence-electron chi connectivity index (χ2n) is 3.12. The minimum atomic E-state index is -0.814. The maximum atomic E-state index is 10.0. The predicted octanol–water partition coefficient (Wildman–Crippen LogP) is 2.34. The number of hydrogen-bond acceptors (Lipinski definition) is 3. The average Bonchev–Trinajstić information content (AvgIpc) is 2.84. The molecule has 1 unspecified atom stereocenters. The van der Waals surface area contributed by atoms with Crippen molar-refractivity contribution in [2.75, 3.05) is 0 Å². The van der Waals surface area contributed by atoms with Crippen LogP contribution in [0.3, 0.4) is 0 Å². The first-order valence-electron chi connectivity index (χ1n) is 4.66. The van der Waals surface area contributed by atoms with Gasteiger partial charge in [-0.1, -0.05) is 0 Å². The summed E-state index contributed by atoms with van der Waals surface area (Å²) >= 11 is 3.19. The summed E-state index contributed by atoms with van der Waals surface area (Å²) in [5, 5.41) is 10.0. The summed E-state index contributed by atoms with van der Waals surface area (Å²) in [5.74, 6) is 1.09. The van der Waals surface area contributed by atoms with Gasteiger partial charge in [0.1, 0.15) is 11.6 Å². The second kappa shape index (κ2) is 4.20. The van der Waals surface area contributed by atoms with E-state index < -0.39 is 6.10 Å². The third-order valence-corrected chi connectivity index (χ3v) is 2.62. The van der Waals surface area contributed by atoms with Crippen LogP contribution in [-0.4, -0.2) is 14.7 Å². The molecule has 0 fully saturated rings. The van der Waals surface area contributed by atoms with E-state index >= 15 is 0 Å². The van der Waals surface area contributed by atoms with Crippen LogP contribution in [0.25, 0.3) is 0 Å².